The molecule has 0 radical (unpaired) electrons. The fourth-order valence-electron chi connectivity index (χ4n) is 1.69. The van der Waals surface area contributed by atoms with E-state index >= 15 is 0 Å². The molecule has 6 nitrogen and oxygen atoms in total. The third-order valence-corrected chi connectivity index (χ3v) is 2.56. The zero-order valence-corrected chi connectivity index (χ0v) is 13.2. The number of azide groups is 1. The number of carbonyl (C=O) groups excluding carboxylic acids is 1. The van der Waals surface area contributed by atoms with Gasteiger partial charge in [-0.05, 0) is 49.9 Å². The average Bonchev–Trinajstić information content (AvgIpc) is 2.44. The molecule has 0 bridgehead atoms. The SMILES string of the molecule is CC(C)(C)OC(=O)NCc1cccc(C=CCCN=[N+]=[N-])c1. The topological polar surface area (TPSA) is 87.1 Å². The molecule has 1 aromatic carbocycles. The number of hydrogen-bond acceptors (Lipinski definition) is 3. The van der Waals surface area contributed by atoms with Gasteiger partial charge in [0.2, 0.25) is 0 Å². The highest BCUT2D eigenvalue weighted by Crippen LogP contribution is 2.09. The van der Waals surface area contributed by atoms with Gasteiger partial charge >= 0.3 is 6.09 Å². The third kappa shape index (κ3) is 7.97. The monoisotopic (exact) mass is 302 g/mol. The summed E-state index contributed by atoms with van der Waals surface area (Å²) in [7, 11) is 0. The smallest absolute Gasteiger partial charge is 0.407 e. The third-order valence-electron chi connectivity index (χ3n) is 2.56. The van der Waals surface area contributed by atoms with E-state index in [0.717, 1.165) is 11.1 Å². The molecule has 0 heterocycles. The first kappa shape index (κ1) is 17.6. The minimum absolute atomic E-state index is 0.412. The molecule has 0 spiro atoms. The summed E-state index contributed by atoms with van der Waals surface area (Å²) in [6.45, 7) is 6.35. The summed E-state index contributed by atoms with van der Waals surface area (Å²) in [5.74, 6) is 0. The van der Waals surface area contributed by atoms with E-state index in [-0.39, 0.29) is 0 Å². The quantitative estimate of drug-likeness (QED) is 0.365. The van der Waals surface area contributed by atoms with Crippen LogP contribution in [0.15, 0.2) is 35.5 Å². The molecule has 118 valence electrons. The van der Waals surface area contributed by atoms with Gasteiger partial charge in [-0.25, -0.2) is 4.79 Å². The predicted molar refractivity (Wildman–Crippen MR) is 87.2 cm³/mol. The first-order chi connectivity index (χ1) is 10.4. The van der Waals surface area contributed by atoms with E-state index in [1.807, 2.05) is 57.2 Å². The second kappa shape index (κ2) is 8.74. The number of nitrogens with one attached hydrogen (secondary N) is 1. The van der Waals surface area contributed by atoms with Gasteiger partial charge in [-0.1, -0.05) is 35.5 Å². The molecule has 1 N–H and O–H groups in total. The summed E-state index contributed by atoms with van der Waals surface area (Å²) >= 11 is 0. The molecule has 0 aromatic heterocycles. The summed E-state index contributed by atoms with van der Waals surface area (Å²) < 4.78 is 5.19. The van der Waals surface area contributed by atoms with E-state index in [4.69, 9.17) is 10.3 Å². The average molecular weight is 302 g/mol. The van der Waals surface area contributed by atoms with E-state index < -0.39 is 11.7 Å². The fraction of sp³-hybridized carbons (Fsp3) is 0.438. The molecular weight excluding hydrogens is 280 g/mol. The van der Waals surface area contributed by atoms with Crippen molar-refractivity contribution in [2.75, 3.05) is 6.54 Å². The maximum absolute atomic E-state index is 11.6. The molecule has 0 saturated carbocycles. The van der Waals surface area contributed by atoms with Crippen LogP contribution in [0.1, 0.15) is 38.3 Å². The minimum atomic E-state index is -0.499. The van der Waals surface area contributed by atoms with Crippen molar-refractivity contribution >= 4 is 12.2 Å². The molecule has 0 saturated heterocycles. The number of benzene rings is 1. The van der Waals surface area contributed by atoms with Crippen molar-refractivity contribution < 1.29 is 9.53 Å². The first-order valence-electron chi connectivity index (χ1n) is 7.14. The molecular formula is C16H22N4O2. The van der Waals surface area contributed by atoms with Crippen molar-refractivity contribution in [2.45, 2.75) is 39.3 Å². The van der Waals surface area contributed by atoms with Crippen molar-refractivity contribution in [1.29, 1.82) is 0 Å². The summed E-state index contributed by atoms with van der Waals surface area (Å²) in [6, 6.07) is 7.83. The Morgan fingerprint density at radius 1 is 1.45 bits per heavy atom. The highest BCUT2D eigenvalue weighted by Gasteiger charge is 2.15. The van der Waals surface area contributed by atoms with Gasteiger partial charge in [0.1, 0.15) is 5.60 Å². The van der Waals surface area contributed by atoms with Crippen LogP contribution in [-0.4, -0.2) is 18.2 Å². The Morgan fingerprint density at radius 2 is 2.23 bits per heavy atom. The Bertz CT molecular complexity index is 570. The Morgan fingerprint density at radius 3 is 2.91 bits per heavy atom. The van der Waals surface area contributed by atoms with Crippen molar-refractivity contribution in [2.24, 2.45) is 5.11 Å². The molecule has 0 atom stereocenters. The van der Waals surface area contributed by atoms with Gasteiger partial charge in [0, 0.05) is 18.0 Å². The van der Waals surface area contributed by atoms with Gasteiger partial charge in [-0.3, -0.25) is 0 Å². The van der Waals surface area contributed by atoms with E-state index in [0.29, 0.717) is 19.5 Å². The molecule has 6 heteroatoms. The number of amides is 1. The zero-order chi connectivity index (χ0) is 16.4. The van der Waals surface area contributed by atoms with E-state index in [2.05, 4.69) is 15.3 Å². The minimum Gasteiger partial charge on any atom is -0.444 e. The second-order valence-corrected chi connectivity index (χ2v) is 5.75. The number of nitrogens with zero attached hydrogens (tertiary/aromatic N) is 3. The normalized spacial score (nSPS) is 11.0. The van der Waals surface area contributed by atoms with Crippen LogP contribution in [-0.2, 0) is 11.3 Å². The Balaban J connectivity index is 2.50. The lowest BCUT2D eigenvalue weighted by Gasteiger charge is -2.19. The van der Waals surface area contributed by atoms with E-state index in [1.165, 1.54) is 0 Å². The second-order valence-electron chi connectivity index (χ2n) is 5.75. The summed E-state index contributed by atoms with van der Waals surface area (Å²) in [4.78, 5) is 14.3. The van der Waals surface area contributed by atoms with Gasteiger partial charge in [-0.2, -0.15) is 0 Å². The highest BCUT2D eigenvalue weighted by atomic mass is 16.6. The van der Waals surface area contributed by atoms with Gasteiger partial charge in [-0.15, -0.1) is 0 Å². The fourth-order valence-corrected chi connectivity index (χ4v) is 1.69. The van der Waals surface area contributed by atoms with Gasteiger partial charge < -0.3 is 10.1 Å². The van der Waals surface area contributed by atoms with E-state index in [9.17, 15) is 4.79 Å². The molecule has 1 rings (SSSR count). The van der Waals surface area contributed by atoms with Crippen LogP contribution in [0, 0.1) is 0 Å². The van der Waals surface area contributed by atoms with Crippen molar-refractivity contribution in [3.05, 3.63) is 51.9 Å². The Hall–Kier alpha value is -2.46. The van der Waals surface area contributed by atoms with Crippen molar-refractivity contribution in [3.8, 4) is 0 Å². The Labute approximate surface area is 130 Å². The summed E-state index contributed by atoms with van der Waals surface area (Å²) in [6.07, 6.45) is 4.19. The molecule has 0 fully saturated rings. The van der Waals surface area contributed by atoms with Crippen molar-refractivity contribution in [3.63, 3.8) is 0 Å². The molecule has 1 aromatic rings. The molecule has 1 amide bonds. The van der Waals surface area contributed by atoms with Crippen LogP contribution in [0.2, 0.25) is 0 Å². The lowest BCUT2D eigenvalue weighted by molar-refractivity contribution is 0.0523. The van der Waals surface area contributed by atoms with Crippen LogP contribution in [0.4, 0.5) is 4.79 Å². The number of rotatable bonds is 6. The number of alkyl carbamates (subject to hydrolysis) is 1. The maximum Gasteiger partial charge on any atom is 0.407 e. The molecule has 0 aliphatic carbocycles. The molecule has 0 aliphatic heterocycles. The van der Waals surface area contributed by atoms with E-state index in [1.54, 1.807) is 0 Å². The largest absolute Gasteiger partial charge is 0.444 e. The van der Waals surface area contributed by atoms with Crippen LogP contribution in [0.25, 0.3) is 16.5 Å². The van der Waals surface area contributed by atoms with Crippen LogP contribution in [0.5, 0.6) is 0 Å². The zero-order valence-electron chi connectivity index (χ0n) is 13.2. The lowest BCUT2D eigenvalue weighted by Crippen LogP contribution is -2.32. The Kier molecular flexibility index (Phi) is 6.99. The van der Waals surface area contributed by atoms with Gasteiger partial charge in [0.05, 0.1) is 0 Å². The van der Waals surface area contributed by atoms with Crippen LogP contribution in [0.3, 0.4) is 0 Å². The number of ether oxygens (including phenoxy) is 1. The highest BCUT2D eigenvalue weighted by molar-refractivity contribution is 5.67. The number of hydrogen-bond donors (Lipinski definition) is 1. The molecule has 0 aliphatic rings. The maximum atomic E-state index is 11.6. The molecule has 22 heavy (non-hydrogen) atoms. The summed E-state index contributed by atoms with van der Waals surface area (Å²) in [5, 5.41) is 6.19. The predicted octanol–water partition coefficient (Wildman–Crippen LogP) is 4.42. The van der Waals surface area contributed by atoms with Crippen LogP contribution >= 0.6 is 0 Å². The number of carbonyl (C=O) groups is 1. The van der Waals surface area contributed by atoms with Gasteiger partial charge in [0.25, 0.3) is 0 Å². The summed E-state index contributed by atoms with van der Waals surface area (Å²) in [5.41, 5.74) is 9.70. The standard InChI is InChI=1S/C16H22N4O2/c1-16(2,3)22-15(21)18-12-14-9-6-8-13(11-14)7-4-5-10-19-20-17/h4,6-9,11H,5,10,12H2,1-3H3,(H,18,21). The first-order valence-corrected chi connectivity index (χ1v) is 7.14. The molecule has 0 unspecified atom stereocenters. The van der Waals surface area contributed by atoms with Crippen LogP contribution < -0.4 is 5.32 Å². The van der Waals surface area contributed by atoms with Crippen molar-refractivity contribution in [1.82, 2.24) is 5.32 Å². The lowest BCUT2D eigenvalue weighted by atomic mass is 10.1. The van der Waals surface area contributed by atoms with Gasteiger partial charge in [0.15, 0.2) is 0 Å².